The summed E-state index contributed by atoms with van der Waals surface area (Å²) in [5.74, 6) is -0.735. The molecule has 6 rings (SSSR count). The van der Waals surface area contributed by atoms with Crippen molar-refractivity contribution >= 4 is 17.8 Å². The normalized spacial score (nSPS) is 18.3. The molecule has 3 heterocycles. The number of ether oxygens (including phenoxy) is 2. The van der Waals surface area contributed by atoms with Crippen molar-refractivity contribution in [3.63, 3.8) is 0 Å². The monoisotopic (exact) mass is 702 g/mol. The summed E-state index contributed by atoms with van der Waals surface area (Å²) >= 11 is 0. The summed E-state index contributed by atoms with van der Waals surface area (Å²) in [6.45, 7) is 5.25. The Morgan fingerprint density at radius 2 is 1.90 bits per heavy atom. The van der Waals surface area contributed by atoms with Crippen molar-refractivity contribution < 1.29 is 28.2 Å². The molecule has 1 aliphatic heterocycles. The third kappa shape index (κ3) is 7.99. The Kier molecular flexibility index (Phi) is 10.9. The molecule has 1 aliphatic rings. The van der Waals surface area contributed by atoms with Crippen LogP contribution in [0.25, 0.3) is 5.69 Å². The van der Waals surface area contributed by atoms with Crippen LogP contribution >= 0.6 is 0 Å². The first-order chi connectivity index (χ1) is 24.7. The van der Waals surface area contributed by atoms with Gasteiger partial charge in [0.15, 0.2) is 0 Å². The van der Waals surface area contributed by atoms with Crippen molar-refractivity contribution in [1.29, 1.82) is 0 Å². The van der Waals surface area contributed by atoms with Gasteiger partial charge in [0.25, 0.3) is 0 Å². The fourth-order valence-electron chi connectivity index (χ4n) is 6.48. The SMILES string of the molecule is CC[C@@H]([C@H](C)O)n1ncn(-c2ccc(N(C=O)CCNc3ccc(OC[C@@H]4CO[C@@](Cn5cncn5)(c5ccc(F)cc5F)C4)cc3)cc2)c1=O. The lowest BCUT2D eigenvalue weighted by molar-refractivity contribution is -0.107. The smallest absolute Gasteiger partial charge is 0.350 e. The molecule has 0 saturated carbocycles. The number of carbonyl (C=O) groups excluding carboxylic acids is 1. The van der Waals surface area contributed by atoms with Crippen LogP contribution in [0, 0.1) is 17.6 Å². The van der Waals surface area contributed by atoms with Crippen LogP contribution in [0.1, 0.15) is 38.3 Å². The zero-order valence-corrected chi connectivity index (χ0v) is 28.3. The molecule has 2 aromatic heterocycles. The molecule has 5 aromatic rings. The number of anilines is 2. The third-order valence-corrected chi connectivity index (χ3v) is 9.11. The fraction of sp³-hybridized carbons (Fsp3) is 0.361. The highest BCUT2D eigenvalue weighted by atomic mass is 19.1. The van der Waals surface area contributed by atoms with Gasteiger partial charge in [0, 0.05) is 42.0 Å². The van der Waals surface area contributed by atoms with Crippen LogP contribution in [0.3, 0.4) is 0 Å². The molecule has 0 spiro atoms. The number of hydrogen-bond acceptors (Lipinski definition) is 9. The highest BCUT2D eigenvalue weighted by molar-refractivity contribution is 5.75. The molecule has 1 fully saturated rings. The molecule has 13 nitrogen and oxygen atoms in total. The molecule has 0 aliphatic carbocycles. The number of carbonyl (C=O) groups is 1. The van der Waals surface area contributed by atoms with Crippen LogP contribution in [-0.4, -0.2) is 73.0 Å². The molecule has 15 heteroatoms. The maximum Gasteiger partial charge on any atom is 0.350 e. The van der Waals surface area contributed by atoms with E-state index in [0.29, 0.717) is 56.3 Å². The highest BCUT2D eigenvalue weighted by Crippen LogP contribution is 2.42. The minimum atomic E-state index is -1.05. The molecular formula is C36H40F2N8O5. The number of nitrogens with one attached hydrogen (secondary N) is 1. The van der Waals surface area contributed by atoms with Gasteiger partial charge in [-0.25, -0.2) is 32.5 Å². The molecule has 4 atom stereocenters. The topological polar surface area (TPSA) is 142 Å². The molecular weight excluding hydrogens is 662 g/mol. The van der Waals surface area contributed by atoms with Crippen molar-refractivity contribution in [3.05, 3.63) is 113 Å². The fourth-order valence-corrected chi connectivity index (χ4v) is 6.48. The predicted molar refractivity (Wildman–Crippen MR) is 185 cm³/mol. The number of aliphatic hydroxyl groups is 1. The van der Waals surface area contributed by atoms with Gasteiger partial charge in [-0.05, 0) is 74.4 Å². The van der Waals surface area contributed by atoms with Crippen LogP contribution in [-0.2, 0) is 21.7 Å². The molecule has 0 radical (unpaired) electrons. The second-order valence-electron chi connectivity index (χ2n) is 12.6. The maximum absolute atomic E-state index is 14.9. The zero-order valence-electron chi connectivity index (χ0n) is 28.3. The summed E-state index contributed by atoms with van der Waals surface area (Å²) in [5, 5.41) is 21.7. The van der Waals surface area contributed by atoms with Crippen LogP contribution in [0.4, 0.5) is 20.2 Å². The quantitative estimate of drug-likeness (QED) is 0.144. The summed E-state index contributed by atoms with van der Waals surface area (Å²) < 4.78 is 45.2. The van der Waals surface area contributed by atoms with Gasteiger partial charge in [-0.1, -0.05) is 13.0 Å². The van der Waals surface area contributed by atoms with E-state index >= 15 is 0 Å². The van der Waals surface area contributed by atoms with Crippen LogP contribution in [0.2, 0.25) is 0 Å². The number of hydrogen-bond donors (Lipinski definition) is 2. The summed E-state index contributed by atoms with van der Waals surface area (Å²) in [7, 11) is 0. The van der Waals surface area contributed by atoms with E-state index < -0.39 is 29.4 Å². The van der Waals surface area contributed by atoms with Gasteiger partial charge in [-0.2, -0.15) is 10.2 Å². The van der Waals surface area contributed by atoms with Crippen molar-refractivity contribution in [2.45, 2.75) is 51.0 Å². The number of aromatic nitrogens is 6. The number of halogens is 2. The first-order valence-corrected chi connectivity index (χ1v) is 16.7. The summed E-state index contributed by atoms with van der Waals surface area (Å²) in [6, 6.07) is 17.5. The molecule has 51 heavy (non-hydrogen) atoms. The van der Waals surface area contributed by atoms with Crippen molar-refractivity contribution in [2.24, 2.45) is 5.92 Å². The summed E-state index contributed by atoms with van der Waals surface area (Å²) in [5.41, 5.74) is 0.962. The van der Waals surface area contributed by atoms with Crippen molar-refractivity contribution in [2.75, 3.05) is 36.5 Å². The number of amides is 1. The Morgan fingerprint density at radius 1 is 1.12 bits per heavy atom. The van der Waals surface area contributed by atoms with E-state index in [4.69, 9.17) is 9.47 Å². The molecule has 2 N–H and O–H groups in total. The minimum absolute atomic E-state index is 0.0543. The van der Waals surface area contributed by atoms with E-state index in [0.717, 1.165) is 18.2 Å². The van der Waals surface area contributed by atoms with E-state index in [9.17, 15) is 23.5 Å². The van der Waals surface area contributed by atoms with Crippen molar-refractivity contribution in [3.8, 4) is 11.4 Å². The second-order valence-corrected chi connectivity index (χ2v) is 12.6. The molecule has 1 amide bonds. The number of aliphatic hydroxyl groups excluding tert-OH is 1. The van der Waals surface area contributed by atoms with Gasteiger partial charge in [0.1, 0.15) is 42.0 Å². The number of benzene rings is 3. The molecule has 3 aromatic carbocycles. The Morgan fingerprint density at radius 3 is 2.57 bits per heavy atom. The number of nitrogens with zero attached hydrogens (tertiary/aromatic N) is 7. The van der Waals surface area contributed by atoms with Gasteiger partial charge >= 0.3 is 5.69 Å². The van der Waals surface area contributed by atoms with Gasteiger partial charge in [-0.15, -0.1) is 0 Å². The second kappa shape index (κ2) is 15.6. The Bertz CT molecular complexity index is 1950. The van der Waals surface area contributed by atoms with Gasteiger partial charge < -0.3 is 24.8 Å². The summed E-state index contributed by atoms with van der Waals surface area (Å²) in [6.07, 6.45) is 5.39. The molecule has 0 bridgehead atoms. The third-order valence-electron chi connectivity index (χ3n) is 9.11. The number of rotatable bonds is 16. The van der Waals surface area contributed by atoms with E-state index in [1.807, 2.05) is 31.2 Å². The van der Waals surface area contributed by atoms with Crippen LogP contribution in [0.15, 0.2) is 90.5 Å². The van der Waals surface area contributed by atoms with Crippen molar-refractivity contribution in [1.82, 2.24) is 29.1 Å². The first kappa shape index (κ1) is 35.4. The van der Waals surface area contributed by atoms with Crippen LogP contribution < -0.4 is 20.6 Å². The molecule has 1 saturated heterocycles. The van der Waals surface area contributed by atoms with Gasteiger partial charge in [-0.3, -0.25) is 4.79 Å². The lowest BCUT2D eigenvalue weighted by atomic mass is 9.87. The van der Waals surface area contributed by atoms with Gasteiger partial charge in [0.2, 0.25) is 6.41 Å². The highest BCUT2D eigenvalue weighted by Gasteiger charge is 2.44. The average molecular weight is 703 g/mol. The lowest BCUT2D eigenvalue weighted by Crippen LogP contribution is -2.32. The Labute approximate surface area is 293 Å². The maximum atomic E-state index is 14.9. The standard InChI is InChI=1S/C36H40F2N8O5/c1-3-34(25(2)48)46-35(49)45(23-42-46)30-9-7-29(8-10-30)43(24-47)15-14-40-28-5-11-31(12-6-28)50-18-26-17-36(51-19-26,20-44-22-39-21-41-44)32-13-4-27(37)16-33(32)38/h4-13,16,21-26,34,40,48H,3,14-15,17-20H2,1-2H3/t25-,26+,34-,36-/m0/s1. The largest absolute Gasteiger partial charge is 0.493 e. The van der Waals surface area contributed by atoms with E-state index in [1.165, 1.54) is 40.4 Å². The Hall–Kier alpha value is -5.41. The van der Waals surface area contributed by atoms with E-state index in [2.05, 4.69) is 20.5 Å². The minimum Gasteiger partial charge on any atom is -0.493 e. The summed E-state index contributed by atoms with van der Waals surface area (Å²) in [4.78, 5) is 30.4. The predicted octanol–water partition coefficient (Wildman–Crippen LogP) is 4.32. The molecule has 268 valence electrons. The van der Waals surface area contributed by atoms with Gasteiger partial charge in [0.05, 0.1) is 37.6 Å². The van der Waals surface area contributed by atoms with E-state index in [1.54, 1.807) is 40.8 Å². The lowest BCUT2D eigenvalue weighted by Gasteiger charge is -2.29. The average Bonchev–Trinajstić information content (AvgIpc) is 3.88. The molecule has 0 unspecified atom stereocenters. The van der Waals surface area contributed by atoms with E-state index in [-0.39, 0.29) is 23.7 Å². The zero-order chi connectivity index (χ0) is 36.0. The first-order valence-electron chi connectivity index (χ1n) is 16.7. The van der Waals surface area contributed by atoms with Crippen LogP contribution in [0.5, 0.6) is 5.75 Å². The Balaban J connectivity index is 1.00.